The molecule has 0 radical (unpaired) electrons. The zero-order chi connectivity index (χ0) is 16.3. The fraction of sp³-hybridized carbons (Fsp3) is 0.571. The Morgan fingerprint density at radius 2 is 1.75 bits per heavy atom. The Labute approximate surface area is 142 Å². The van der Waals surface area contributed by atoms with E-state index in [1.54, 1.807) is 0 Å². The summed E-state index contributed by atoms with van der Waals surface area (Å²) in [6.07, 6.45) is 7.43. The second kappa shape index (κ2) is 5.11. The van der Waals surface area contributed by atoms with E-state index in [2.05, 4.69) is 17.4 Å². The van der Waals surface area contributed by atoms with Crippen molar-refractivity contribution in [3.8, 4) is 0 Å². The van der Waals surface area contributed by atoms with Gasteiger partial charge in [0, 0.05) is 10.8 Å². The second-order valence-corrected chi connectivity index (χ2v) is 8.58. The van der Waals surface area contributed by atoms with Crippen LogP contribution in [0.3, 0.4) is 0 Å². The van der Waals surface area contributed by atoms with Crippen molar-refractivity contribution in [2.75, 3.05) is 0 Å². The Balaban J connectivity index is 1.36. The molecule has 1 aromatic heterocycles. The molecule has 0 saturated heterocycles. The average Bonchev–Trinajstić information content (AvgIpc) is 2.97. The van der Waals surface area contributed by atoms with E-state index in [1.165, 1.54) is 19.3 Å². The Morgan fingerprint density at radius 3 is 2.38 bits per heavy atom. The van der Waals surface area contributed by atoms with Crippen LogP contribution in [-0.2, 0) is 4.79 Å². The summed E-state index contributed by atoms with van der Waals surface area (Å²) < 4.78 is 5.93. The largest absolute Gasteiger partial charge is 0.459 e. The number of benzene rings is 1. The minimum Gasteiger partial charge on any atom is -0.459 e. The number of amides is 1. The highest BCUT2D eigenvalue weighted by Gasteiger charge is 2.54. The molecule has 24 heavy (non-hydrogen) atoms. The lowest BCUT2D eigenvalue weighted by molar-refractivity contribution is -0.147. The molecular weight excluding hydrogens is 298 g/mol. The van der Waals surface area contributed by atoms with Gasteiger partial charge in [-0.25, -0.2) is 0 Å². The van der Waals surface area contributed by atoms with Crippen molar-refractivity contribution in [2.24, 2.45) is 23.2 Å². The van der Waals surface area contributed by atoms with Crippen LogP contribution in [0.2, 0.25) is 0 Å². The molecule has 2 aromatic rings. The molecule has 1 heterocycles. The number of para-hydroxylation sites is 1. The first-order valence-corrected chi connectivity index (χ1v) is 9.41. The Kier molecular flexibility index (Phi) is 3.10. The van der Waals surface area contributed by atoms with Crippen LogP contribution >= 0.6 is 0 Å². The minimum absolute atomic E-state index is 0.0714. The molecule has 4 aliphatic carbocycles. The van der Waals surface area contributed by atoms with E-state index in [-0.39, 0.29) is 17.4 Å². The zero-order valence-electron chi connectivity index (χ0n) is 14.3. The molecule has 126 valence electrons. The summed E-state index contributed by atoms with van der Waals surface area (Å²) in [5.74, 6) is 3.51. The first-order valence-electron chi connectivity index (χ1n) is 9.41. The number of hydrogen-bond donors (Lipinski definition) is 1. The van der Waals surface area contributed by atoms with E-state index in [0.29, 0.717) is 0 Å². The van der Waals surface area contributed by atoms with Crippen LogP contribution in [0.15, 0.2) is 34.7 Å². The summed E-state index contributed by atoms with van der Waals surface area (Å²) in [6.45, 7) is 2.04. The van der Waals surface area contributed by atoms with Gasteiger partial charge < -0.3 is 9.73 Å². The smallest absolute Gasteiger partial charge is 0.226 e. The van der Waals surface area contributed by atoms with E-state index in [1.807, 2.05) is 25.1 Å². The van der Waals surface area contributed by atoms with Crippen LogP contribution < -0.4 is 5.32 Å². The maximum Gasteiger partial charge on any atom is 0.226 e. The Hall–Kier alpha value is -1.77. The van der Waals surface area contributed by atoms with Gasteiger partial charge >= 0.3 is 0 Å². The van der Waals surface area contributed by atoms with Crippen molar-refractivity contribution < 1.29 is 9.21 Å². The van der Waals surface area contributed by atoms with Gasteiger partial charge in [0.05, 0.1) is 6.04 Å². The molecule has 0 unspecified atom stereocenters. The fourth-order valence-corrected chi connectivity index (χ4v) is 6.03. The summed E-state index contributed by atoms with van der Waals surface area (Å²) in [5.41, 5.74) is 0.804. The minimum atomic E-state index is -0.0883. The van der Waals surface area contributed by atoms with Crippen molar-refractivity contribution in [3.63, 3.8) is 0 Å². The number of rotatable bonds is 3. The van der Waals surface area contributed by atoms with Crippen molar-refractivity contribution in [1.82, 2.24) is 5.32 Å². The second-order valence-electron chi connectivity index (χ2n) is 8.58. The third-order valence-electron chi connectivity index (χ3n) is 6.74. The maximum atomic E-state index is 13.1. The molecule has 1 amide bonds. The molecule has 4 aliphatic rings. The molecule has 6 rings (SSSR count). The van der Waals surface area contributed by atoms with Gasteiger partial charge in [0.15, 0.2) is 0 Å². The molecule has 4 bridgehead atoms. The van der Waals surface area contributed by atoms with Crippen molar-refractivity contribution >= 4 is 16.9 Å². The van der Waals surface area contributed by atoms with E-state index >= 15 is 0 Å². The van der Waals surface area contributed by atoms with Crippen LogP contribution in [-0.4, -0.2) is 5.91 Å². The Morgan fingerprint density at radius 1 is 1.12 bits per heavy atom. The number of carbonyl (C=O) groups is 1. The molecule has 1 aromatic carbocycles. The van der Waals surface area contributed by atoms with Gasteiger partial charge in [-0.3, -0.25) is 4.79 Å². The highest BCUT2D eigenvalue weighted by molar-refractivity contribution is 5.84. The number of carbonyl (C=O) groups excluding carboxylic acids is 1. The summed E-state index contributed by atoms with van der Waals surface area (Å²) in [7, 11) is 0. The predicted molar refractivity (Wildman–Crippen MR) is 93.4 cm³/mol. The van der Waals surface area contributed by atoms with E-state index in [9.17, 15) is 4.79 Å². The summed E-state index contributed by atoms with van der Waals surface area (Å²) in [5, 5.41) is 4.38. The standard InChI is InChI=1S/C21H25NO2/c1-13(19-9-17-4-2-3-5-18(17)24-19)22-20(23)21-10-14-6-15(11-21)8-16(7-14)12-21/h2-5,9,13-16H,6-8,10-12H2,1H3,(H,22,23)/t13-,14?,15?,16?,21?/m1/s1. The highest BCUT2D eigenvalue weighted by Crippen LogP contribution is 2.60. The summed E-state index contributed by atoms with van der Waals surface area (Å²) in [4.78, 5) is 13.1. The van der Waals surface area contributed by atoms with Gasteiger partial charge in [-0.15, -0.1) is 0 Å². The van der Waals surface area contributed by atoms with Crippen molar-refractivity contribution in [3.05, 3.63) is 36.1 Å². The number of nitrogens with one attached hydrogen (secondary N) is 1. The van der Waals surface area contributed by atoms with Gasteiger partial charge in [-0.2, -0.15) is 0 Å². The molecule has 1 N–H and O–H groups in total. The summed E-state index contributed by atoms with van der Waals surface area (Å²) in [6, 6.07) is 10.0. The van der Waals surface area contributed by atoms with Crippen LogP contribution in [0, 0.1) is 23.2 Å². The predicted octanol–water partition coefficient (Wildman–Crippen LogP) is 4.83. The lowest BCUT2D eigenvalue weighted by Gasteiger charge is -2.55. The molecule has 3 heteroatoms. The molecule has 4 saturated carbocycles. The number of hydrogen-bond acceptors (Lipinski definition) is 2. The number of fused-ring (bicyclic) bond motifs is 1. The van der Waals surface area contributed by atoms with E-state index in [4.69, 9.17) is 4.42 Å². The van der Waals surface area contributed by atoms with Crippen molar-refractivity contribution in [1.29, 1.82) is 0 Å². The third-order valence-corrected chi connectivity index (χ3v) is 6.74. The molecule has 4 fully saturated rings. The SMILES string of the molecule is C[C@@H](NC(=O)C12CC3CC(CC(C3)C1)C2)c1cc2ccccc2o1. The average molecular weight is 323 g/mol. The lowest BCUT2D eigenvalue weighted by atomic mass is 9.49. The fourth-order valence-electron chi connectivity index (χ4n) is 6.03. The van der Waals surface area contributed by atoms with Crippen LogP contribution in [0.1, 0.15) is 57.3 Å². The van der Waals surface area contributed by atoms with Gasteiger partial charge in [-0.05, 0) is 75.3 Å². The lowest BCUT2D eigenvalue weighted by Crippen LogP contribution is -2.53. The van der Waals surface area contributed by atoms with Crippen LogP contribution in [0.4, 0.5) is 0 Å². The normalized spacial score (nSPS) is 35.3. The molecule has 3 nitrogen and oxygen atoms in total. The molecule has 0 aliphatic heterocycles. The maximum absolute atomic E-state index is 13.1. The van der Waals surface area contributed by atoms with Gasteiger partial charge in [0.2, 0.25) is 5.91 Å². The van der Waals surface area contributed by atoms with E-state index < -0.39 is 0 Å². The monoisotopic (exact) mass is 323 g/mol. The van der Waals surface area contributed by atoms with Gasteiger partial charge in [0.1, 0.15) is 11.3 Å². The van der Waals surface area contributed by atoms with Crippen molar-refractivity contribution in [2.45, 2.75) is 51.5 Å². The number of furan rings is 1. The van der Waals surface area contributed by atoms with E-state index in [0.717, 1.165) is 53.7 Å². The van der Waals surface area contributed by atoms with Gasteiger partial charge in [-0.1, -0.05) is 18.2 Å². The molecule has 0 spiro atoms. The first-order chi connectivity index (χ1) is 11.6. The quantitative estimate of drug-likeness (QED) is 0.879. The summed E-state index contributed by atoms with van der Waals surface area (Å²) >= 11 is 0. The highest BCUT2D eigenvalue weighted by atomic mass is 16.3. The van der Waals surface area contributed by atoms with Crippen LogP contribution in [0.25, 0.3) is 11.0 Å². The van der Waals surface area contributed by atoms with Crippen LogP contribution in [0.5, 0.6) is 0 Å². The third kappa shape index (κ3) is 2.21. The van der Waals surface area contributed by atoms with Gasteiger partial charge in [0.25, 0.3) is 0 Å². The Bertz CT molecular complexity index is 722. The molecule has 1 atom stereocenters. The molecular formula is C21H25NO2. The first kappa shape index (κ1) is 14.6. The topological polar surface area (TPSA) is 42.2 Å². The zero-order valence-corrected chi connectivity index (χ0v) is 14.3.